The van der Waals surface area contributed by atoms with E-state index in [1.54, 1.807) is 36.4 Å². The van der Waals surface area contributed by atoms with Crippen LogP contribution in [-0.2, 0) is 26.2 Å². The lowest BCUT2D eigenvalue weighted by atomic mass is 10.1. The highest BCUT2D eigenvalue weighted by Gasteiger charge is 2.30. The second-order valence-corrected chi connectivity index (χ2v) is 12.0. The van der Waals surface area contributed by atoms with E-state index in [1.807, 2.05) is 33.8 Å². The summed E-state index contributed by atoms with van der Waals surface area (Å²) in [6.07, 6.45) is 2.62. The van der Waals surface area contributed by atoms with Crippen LogP contribution in [0.15, 0.2) is 42.5 Å². The minimum Gasteiger partial charge on any atom is -0.352 e. The second-order valence-electron chi connectivity index (χ2n) is 9.24. The van der Waals surface area contributed by atoms with E-state index in [2.05, 4.69) is 5.32 Å². The first-order chi connectivity index (χ1) is 17.4. The Morgan fingerprint density at radius 3 is 2.19 bits per heavy atom. The molecule has 0 radical (unpaired) electrons. The Morgan fingerprint density at radius 1 is 1.03 bits per heavy atom. The number of carbonyl (C=O) groups is 2. The van der Waals surface area contributed by atoms with Gasteiger partial charge in [-0.15, -0.1) is 0 Å². The van der Waals surface area contributed by atoms with Gasteiger partial charge >= 0.3 is 0 Å². The highest BCUT2D eigenvalue weighted by Crippen LogP contribution is 2.28. The number of rotatable bonds is 13. The van der Waals surface area contributed by atoms with Crippen molar-refractivity contribution in [1.29, 1.82) is 0 Å². The van der Waals surface area contributed by atoms with E-state index in [0.29, 0.717) is 27.7 Å². The van der Waals surface area contributed by atoms with Gasteiger partial charge in [-0.1, -0.05) is 55.2 Å². The van der Waals surface area contributed by atoms with Crippen molar-refractivity contribution < 1.29 is 18.0 Å². The molecule has 2 amide bonds. The lowest BCUT2D eigenvalue weighted by Crippen LogP contribution is -2.50. The summed E-state index contributed by atoms with van der Waals surface area (Å²) in [6, 6.07) is 11.5. The molecule has 2 aromatic rings. The average Bonchev–Trinajstić information content (AvgIpc) is 2.82. The van der Waals surface area contributed by atoms with Crippen molar-refractivity contribution in [3.63, 3.8) is 0 Å². The third-order valence-corrected chi connectivity index (χ3v) is 8.12. The Balaban J connectivity index is 2.28. The number of hydrogen-bond acceptors (Lipinski definition) is 4. The van der Waals surface area contributed by atoms with Crippen LogP contribution in [0.3, 0.4) is 0 Å². The SMILES string of the molecule is CC[C@@H](C)NC(=O)[C@@H](CC)N(Cc1c(Cl)cccc1Cl)C(=O)CCCN(c1cccc(C)c1)S(C)(=O)=O. The molecular formula is C27H37Cl2N3O4S. The molecule has 0 aliphatic rings. The van der Waals surface area contributed by atoms with Crippen molar-refractivity contribution in [2.75, 3.05) is 17.1 Å². The van der Waals surface area contributed by atoms with E-state index in [-0.39, 0.29) is 43.8 Å². The first-order valence-electron chi connectivity index (χ1n) is 12.5. The Hall–Kier alpha value is -2.29. The first kappa shape index (κ1) is 30.9. The summed E-state index contributed by atoms with van der Waals surface area (Å²) in [5.74, 6) is -0.522. The minimum absolute atomic E-state index is 0.0416. The molecule has 0 heterocycles. The Bertz CT molecular complexity index is 1170. The molecule has 0 bridgehead atoms. The van der Waals surface area contributed by atoms with Crippen LogP contribution in [0.2, 0.25) is 10.0 Å². The number of hydrogen-bond donors (Lipinski definition) is 1. The predicted molar refractivity (Wildman–Crippen MR) is 152 cm³/mol. The van der Waals surface area contributed by atoms with Crippen molar-refractivity contribution in [3.8, 4) is 0 Å². The average molecular weight is 571 g/mol. The van der Waals surface area contributed by atoms with Gasteiger partial charge in [0.15, 0.2) is 0 Å². The van der Waals surface area contributed by atoms with Gasteiger partial charge in [-0.25, -0.2) is 8.42 Å². The number of carbonyl (C=O) groups excluding carboxylic acids is 2. The highest BCUT2D eigenvalue weighted by molar-refractivity contribution is 7.92. The molecule has 0 saturated carbocycles. The van der Waals surface area contributed by atoms with Crippen molar-refractivity contribution in [2.24, 2.45) is 0 Å². The molecule has 0 unspecified atom stereocenters. The van der Waals surface area contributed by atoms with Crippen LogP contribution >= 0.6 is 23.2 Å². The Morgan fingerprint density at radius 2 is 1.65 bits per heavy atom. The number of anilines is 1. The number of nitrogens with zero attached hydrogens (tertiary/aromatic N) is 2. The Kier molecular flexibility index (Phi) is 11.7. The molecule has 2 aromatic carbocycles. The highest BCUT2D eigenvalue weighted by atomic mass is 35.5. The zero-order valence-electron chi connectivity index (χ0n) is 22.1. The van der Waals surface area contributed by atoms with Crippen LogP contribution in [0.25, 0.3) is 0 Å². The van der Waals surface area contributed by atoms with Crippen molar-refractivity contribution in [1.82, 2.24) is 10.2 Å². The minimum atomic E-state index is -3.55. The topological polar surface area (TPSA) is 86.8 Å². The number of benzene rings is 2. The number of nitrogens with one attached hydrogen (secondary N) is 1. The molecule has 0 aliphatic carbocycles. The fraction of sp³-hybridized carbons (Fsp3) is 0.481. The van der Waals surface area contributed by atoms with Crippen molar-refractivity contribution in [3.05, 3.63) is 63.6 Å². The van der Waals surface area contributed by atoms with Gasteiger partial charge in [0.05, 0.1) is 11.9 Å². The van der Waals surface area contributed by atoms with Gasteiger partial charge in [0, 0.05) is 41.2 Å². The molecular weight excluding hydrogens is 533 g/mol. The zero-order valence-corrected chi connectivity index (χ0v) is 24.5. The van der Waals surface area contributed by atoms with Crippen LogP contribution in [0.4, 0.5) is 5.69 Å². The van der Waals surface area contributed by atoms with Crippen LogP contribution < -0.4 is 9.62 Å². The van der Waals surface area contributed by atoms with Crippen molar-refractivity contribution >= 4 is 50.7 Å². The number of amides is 2. The number of aryl methyl sites for hydroxylation is 1. The summed E-state index contributed by atoms with van der Waals surface area (Å²) in [5, 5.41) is 3.78. The maximum Gasteiger partial charge on any atom is 0.243 e. The summed E-state index contributed by atoms with van der Waals surface area (Å²) in [5.41, 5.74) is 2.05. The fourth-order valence-electron chi connectivity index (χ4n) is 4.00. The van der Waals surface area contributed by atoms with Gasteiger partial charge < -0.3 is 10.2 Å². The van der Waals surface area contributed by atoms with Gasteiger partial charge in [0.25, 0.3) is 0 Å². The van der Waals surface area contributed by atoms with E-state index >= 15 is 0 Å². The van der Waals surface area contributed by atoms with E-state index in [9.17, 15) is 18.0 Å². The fourth-order valence-corrected chi connectivity index (χ4v) is 5.48. The van der Waals surface area contributed by atoms with E-state index < -0.39 is 16.1 Å². The quantitative estimate of drug-likeness (QED) is 0.341. The molecule has 37 heavy (non-hydrogen) atoms. The van der Waals surface area contributed by atoms with E-state index in [1.165, 1.54) is 9.21 Å². The zero-order chi connectivity index (χ0) is 27.8. The van der Waals surface area contributed by atoms with Crippen LogP contribution in [-0.4, -0.2) is 50.0 Å². The summed E-state index contributed by atoms with van der Waals surface area (Å²) in [4.78, 5) is 28.2. The first-order valence-corrected chi connectivity index (χ1v) is 15.1. The third-order valence-electron chi connectivity index (χ3n) is 6.22. The summed E-state index contributed by atoms with van der Waals surface area (Å²) >= 11 is 12.8. The van der Waals surface area contributed by atoms with Crippen LogP contribution in [0.5, 0.6) is 0 Å². The Labute approximate surface area is 231 Å². The summed E-state index contributed by atoms with van der Waals surface area (Å²) in [7, 11) is -3.55. The molecule has 1 N–H and O–H groups in total. The van der Waals surface area contributed by atoms with E-state index in [0.717, 1.165) is 18.2 Å². The molecule has 0 spiro atoms. The van der Waals surface area contributed by atoms with Crippen molar-refractivity contribution in [2.45, 2.75) is 72.0 Å². The maximum absolute atomic E-state index is 13.5. The third kappa shape index (κ3) is 8.90. The molecule has 2 atom stereocenters. The molecule has 0 fully saturated rings. The smallest absolute Gasteiger partial charge is 0.243 e. The van der Waals surface area contributed by atoms with Gasteiger partial charge in [0.2, 0.25) is 21.8 Å². The normalized spacial score (nSPS) is 13.1. The number of halogens is 2. The lowest BCUT2D eigenvalue weighted by Gasteiger charge is -2.32. The monoisotopic (exact) mass is 569 g/mol. The van der Waals surface area contributed by atoms with Gasteiger partial charge in [-0.3, -0.25) is 13.9 Å². The van der Waals surface area contributed by atoms with Crippen LogP contribution in [0.1, 0.15) is 57.6 Å². The predicted octanol–water partition coefficient (Wildman–Crippen LogP) is 5.57. The molecule has 0 saturated heterocycles. The summed E-state index contributed by atoms with van der Waals surface area (Å²) < 4.78 is 26.3. The molecule has 10 heteroatoms. The van der Waals surface area contributed by atoms with Gasteiger partial charge in [-0.05, 0) is 62.9 Å². The molecule has 2 rings (SSSR count). The number of sulfonamides is 1. The summed E-state index contributed by atoms with van der Waals surface area (Å²) in [6.45, 7) is 7.81. The largest absolute Gasteiger partial charge is 0.352 e. The molecule has 204 valence electrons. The molecule has 0 aliphatic heterocycles. The lowest BCUT2D eigenvalue weighted by molar-refractivity contribution is -0.141. The van der Waals surface area contributed by atoms with E-state index in [4.69, 9.17) is 23.2 Å². The van der Waals surface area contributed by atoms with Crippen LogP contribution in [0, 0.1) is 6.92 Å². The standard InChI is InChI=1S/C27H37Cl2N3O4S/c1-6-20(4)30-27(34)25(7-2)31(18-22-23(28)13-9-14-24(22)29)26(33)15-10-16-32(37(5,35)36)21-12-8-11-19(3)17-21/h8-9,11-14,17,20,25H,6-7,10,15-16,18H2,1-5H3,(H,30,34)/t20-,25-/m1/s1. The maximum atomic E-state index is 13.5. The molecule has 0 aromatic heterocycles. The molecule has 7 nitrogen and oxygen atoms in total. The van der Waals surface area contributed by atoms with Gasteiger partial charge in [0.1, 0.15) is 6.04 Å². The second kappa shape index (κ2) is 14.0. The van der Waals surface area contributed by atoms with Gasteiger partial charge in [-0.2, -0.15) is 0 Å².